The highest BCUT2D eigenvalue weighted by Gasteiger charge is 2.23. The molecule has 0 saturated carbocycles. The van der Waals surface area contributed by atoms with Gasteiger partial charge in [-0.1, -0.05) is 25.4 Å². The highest BCUT2D eigenvalue weighted by atomic mass is 35.5. The number of hydrogen-bond acceptors (Lipinski definition) is 3. The molecule has 1 heterocycles. The molecule has 1 rings (SSSR count). The molecule has 0 aliphatic carbocycles. The summed E-state index contributed by atoms with van der Waals surface area (Å²) in [5.41, 5.74) is 0. The zero-order valence-corrected chi connectivity index (χ0v) is 11.6. The van der Waals surface area contributed by atoms with Crippen molar-refractivity contribution < 1.29 is 4.79 Å². The van der Waals surface area contributed by atoms with Crippen LogP contribution in [0.1, 0.15) is 31.7 Å². The number of rotatable bonds is 4. The summed E-state index contributed by atoms with van der Waals surface area (Å²) < 4.78 is 0.696. The van der Waals surface area contributed by atoms with Crippen molar-refractivity contribution in [2.45, 2.75) is 26.8 Å². The van der Waals surface area contributed by atoms with E-state index >= 15 is 0 Å². The summed E-state index contributed by atoms with van der Waals surface area (Å²) in [7, 11) is 0. The number of carbonyl (C=O) groups is 1. The van der Waals surface area contributed by atoms with Gasteiger partial charge >= 0.3 is 0 Å². The molecular formula is C12H15ClN2OS. The number of carbonyl (C=O) groups excluding carboxylic acids is 1. The third-order valence-corrected chi connectivity index (χ3v) is 3.88. The van der Waals surface area contributed by atoms with Crippen LogP contribution in [0.25, 0.3) is 0 Å². The molecular weight excluding hydrogens is 256 g/mol. The van der Waals surface area contributed by atoms with E-state index in [1.807, 2.05) is 32.9 Å². The van der Waals surface area contributed by atoms with Crippen molar-refractivity contribution in [3.8, 4) is 6.07 Å². The van der Waals surface area contributed by atoms with E-state index in [1.54, 1.807) is 6.07 Å². The zero-order chi connectivity index (χ0) is 13.0. The Hall–Kier alpha value is -1.05. The first kappa shape index (κ1) is 14.0. The third-order valence-electron chi connectivity index (χ3n) is 2.47. The van der Waals surface area contributed by atoms with E-state index in [1.165, 1.54) is 11.3 Å². The van der Waals surface area contributed by atoms with Crippen LogP contribution in [0.2, 0.25) is 4.34 Å². The van der Waals surface area contributed by atoms with Gasteiger partial charge < -0.3 is 5.32 Å². The highest BCUT2D eigenvalue weighted by molar-refractivity contribution is 7.16. The molecule has 0 aromatic carbocycles. The van der Waals surface area contributed by atoms with E-state index in [2.05, 4.69) is 5.32 Å². The number of nitrogens with one attached hydrogen (secondary N) is 1. The van der Waals surface area contributed by atoms with Gasteiger partial charge in [-0.15, -0.1) is 11.3 Å². The number of halogens is 1. The van der Waals surface area contributed by atoms with Crippen LogP contribution < -0.4 is 5.32 Å². The summed E-state index contributed by atoms with van der Waals surface area (Å²) in [6, 6.07) is 5.60. The molecule has 0 fully saturated rings. The minimum Gasteiger partial charge on any atom is -0.348 e. The van der Waals surface area contributed by atoms with E-state index < -0.39 is 5.92 Å². The van der Waals surface area contributed by atoms with Gasteiger partial charge in [0.15, 0.2) is 0 Å². The average Bonchev–Trinajstić information content (AvgIpc) is 2.65. The van der Waals surface area contributed by atoms with E-state index in [4.69, 9.17) is 16.9 Å². The van der Waals surface area contributed by atoms with Crippen molar-refractivity contribution in [1.82, 2.24) is 5.32 Å². The second-order valence-electron chi connectivity index (χ2n) is 4.22. The molecule has 1 aromatic rings. The van der Waals surface area contributed by atoms with E-state index in [0.717, 1.165) is 4.88 Å². The van der Waals surface area contributed by atoms with Gasteiger partial charge in [0.1, 0.15) is 5.92 Å². The van der Waals surface area contributed by atoms with Crippen LogP contribution in [0.15, 0.2) is 12.1 Å². The van der Waals surface area contributed by atoms with Crippen LogP contribution in [0.4, 0.5) is 0 Å². The number of nitriles is 1. The summed E-state index contributed by atoms with van der Waals surface area (Å²) >= 11 is 7.27. The predicted octanol–water partition coefficient (Wildman–Crippen LogP) is 3.37. The fraction of sp³-hybridized carbons (Fsp3) is 0.500. The van der Waals surface area contributed by atoms with Gasteiger partial charge in [0.2, 0.25) is 5.91 Å². The van der Waals surface area contributed by atoms with Crippen molar-refractivity contribution in [3.05, 3.63) is 21.3 Å². The van der Waals surface area contributed by atoms with Gasteiger partial charge in [-0.3, -0.25) is 4.79 Å². The van der Waals surface area contributed by atoms with E-state index in [-0.39, 0.29) is 17.9 Å². The van der Waals surface area contributed by atoms with Gasteiger partial charge in [0.05, 0.1) is 16.4 Å². The molecule has 92 valence electrons. The average molecular weight is 271 g/mol. The Bertz CT molecular complexity index is 436. The first-order chi connectivity index (χ1) is 7.95. The lowest BCUT2D eigenvalue weighted by molar-refractivity contribution is -0.125. The lowest BCUT2D eigenvalue weighted by Crippen LogP contribution is -2.34. The molecule has 0 bridgehead atoms. The molecule has 0 spiro atoms. The quantitative estimate of drug-likeness (QED) is 0.912. The Kier molecular flexibility index (Phi) is 4.98. The Morgan fingerprint density at radius 1 is 1.47 bits per heavy atom. The molecule has 1 aromatic heterocycles. The lowest BCUT2D eigenvalue weighted by Gasteiger charge is -2.17. The monoisotopic (exact) mass is 270 g/mol. The van der Waals surface area contributed by atoms with Crippen molar-refractivity contribution >= 4 is 28.8 Å². The maximum atomic E-state index is 11.8. The van der Waals surface area contributed by atoms with Crippen molar-refractivity contribution in [1.29, 1.82) is 5.26 Å². The normalized spacial score (nSPS) is 14.1. The largest absolute Gasteiger partial charge is 0.348 e. The molecule has 1 N–H and O–H groups in total. The van der Waals surface area contributed by atoms with Gasteiger partial charge in [0, 0.05) is 4.88 Å². The van der Waals surface area contributed by atoms with E-state index in [9.17, 15) is 4.79 Å². The van der Waals surface area contributed by atoms with Gasteiger partial charge in [-0.25, -0.2) is 0 Å². The standard InChI is InChI=1S/C12H15ClN2OS/c1-7(2)9(6-14)12(16)15-8(3)10-4-5-11(13)17-10/h4-5,7-9H,1-3H3,(H,15,16). The molecule has 0 saturated heterocycles. The van der Waals surface area contributed by atoms with Crippen LogP contribution in [0, 0.1) is 23.2 Å². The maximum Gasteiger partial charge on any atom is 0.238 e. The van der Waals surface area contributed by atoms with Gasteiger partial charge in [-0.2, -0.15) is 5.26 Å². The Morgan fingerprint density at radius 2 is 2.12 bits per heavy atom. The summed E-state index contributed by atoms with van der Waals surface area (Å²) in [5.74, 6) is -0.813. The van der Waals surface area contributed by atoms with Crippen LogP contribution in [0.3, 0.4) is 0 Å². The molecule has 2 atom stereocenters. The smallest absolute Gasteiger partial charge is 0.238 e. The lowest BCUT2D eigenvalue weighted by atomic mass is 9.96. The summed E-state index contributed by atoms with van der Waals surface area (Å²) in [6.45, 7) is 5.61. The second-order valence-corrected chi connectivity index (χ2v) is 5.97. The summed E-state index contributed by atoms with van der Waals surface area (Å²) in [5, 5.41) is 11.8. The van der Waals surface area contributed by atoms with Gasteiger partial charge in [-0.05, 0) is 25.0 Å². The molecule has 0 aliphatic heterocycles. The Balaban J connectivity index is 2.66. The number of amides is 1. The first-order valence-corrected chi connectivity index (χ1v) is 6.60. The Morgan fingerprint density at radius 3 is 2.53 bits per heavy atom. The highest BCUT2D eigenvalue weighted by Crippen LogP contribution is 2.27. The van der Waals surface area contributed by atoms with Crippen molar-refractivity contribution in [2.24, 2.45) is 11.8 Å². The molecule has 0 aliphatic rings. The van der Waals surface area contributed by atoms with Crippen LogP contribution in [0.5, 0.6) is 0 Å². The van der Waals surface area contributed by atoms with E-state index in [0.29, 0.717) is 4.34 Å². The number of nitrogens with zero attached hydrogens (tertiary/aromatic N) is 1. The molecule has 2 unspecified atom stereocenters. The van der Waals surface area contributed by atoms with Gasteiger partial charge in [0.25, 0.3) is 0 Å². The SMILES string of the molecule is CC(NC(=O)C(C#N)C(C)C)c1ccc(Cl)s1. The molecule has 3 nitrogen and oxygen atoms in total. The molecule has 0 radical (unpaired) electrons. The topological polar surface area (TPSA) is 52.9 Å². The van der Waals surface area contributed by atoms with Crippen molar-refractivity contribution in [3.63, 3.8) is 0 Å². The van der Waals surface area contributed by atoms with Crippen LogP contribution in [-0.4, -0.2) is 5.91 Å². The summed E-state index contributed by atoms with van der Waals surface area (Å²) in [4.78, 5) is 12.8. The predicted molar refractivity (Wildman–Crippen MR) is 69.8 cm³/mol. The Labute approximate surface area is 110 Å². The number of hydrogen-bond donors (Lipinski definition) is 1. The first-order valence-electron chi connectivity index (χ1n) is 5.41. The number of thiophene rings is 1. The van der Waals surface area contributed by atoms with Crippen molar-refractivity contribution in [2.75, 3.05) is 0 Å². The maximum absolute atomic E-state index is 11.8. The molecule has 17 heavy (non-hydrogen) atoms. The molecule has 1 amide bonds. The zero-order valence-electron chi connectivity index (χ0n) is 10.0. The minimum absolute atomic E-state index is 0.0131. The summed E-state index contributed by atoms with van der Waals surface area (Å²) in [6.07, 6.45) is 0. The second kappa shape index (κ2) is 6.04. The minimum atomic E-state index is -0.604. The third kappa shape index (κ3) is 3.72. The molecule has 5 heteroatoms. The van der Waals surface area contributed by atoms with Crippen LogP contribution >= 0.6 is 22.9 Å². The fourth-order valence-electron chi connectivity index (χ4n) is 1.45. The van der Waals surface area contributed by atoms with Crippen LogP contribution in [-0.2, 0) is 4.79 Å². The fourth-order valence-corrected chi connectivity index (χ4v) is 2.51.